The van der Waals surface area contributed by atoms with Gasteiger partial charge in [0.1, 0.15) is 18.5 Å². The molecule has 7 nitrogen and oxygen atoms in total. The van der Waals surface area contributed by atoms with Gasteiger partial charge in [-0.3, -0.25) is 14.9 Å². The van der Waals surface area contributed by atoms with Crippen molar-refractivity contribution in [1.82, 2.24) is 5.32 Å². The number of rotatable bonds is 7. The van der Waals surface area contributed by atoms with E-state index >= 15 is 0 Å². The van der Waals surface area contributed by atoms with Gasteiger partial charge in [0.2, 0.25) is 0 Å². The number of halogens is 1. The molecule has 104 valence electrons. The lowest BCUT2D eigenvalue weighted by molar-refractivity contribution is -0.385. The fourth-order valence-electron chi connectivity index (χ4n) is 1.39. The zero-order chi connectivity index (χ0) is 14.4. The van der Waals surface area contributed by atoms with Crippen LogP contribution in [0, 0.1) is 15.9 Å². The molecule has 0 bridgehead atoms. The molecule has 0 saturated carbocycles. The van der Waals surface area contributed by atoms with E-state index in [2.05, 4.69) is 5.32 Å². The molecule has 2 N–H and O–H groups in total. The van der Waals surface area contributed by atoms with Crippen LogP contribution in [0.2, 0.25) is 0 Å². The molecule has 1 aromatic carbocycles. The number of hydrogen-bond acceptors (Lipinski definition) is 5. The minimum Gasteiger partial charge on any atom is -0.484 e. The van der Waals surface area contributed by atoms with Gasteiger partial charge < -0.3 is 15.2 Å². The van der Waals surface area contributed by atoms with Crippen LogP contribution in [-0.4, -0.2) is 35.2 Å². The average Bonchev–Trinajstić information content (AvgIpc) is 2.33. The zero-order valence-corrected chi connectivity index (χ0v) is 10.1. The predicted octanol–water partition coefficient (Wildman–Crippen LogP) is 1.18. The summed E-state index contributed by atoms with van der Waals surface area (Å²) in [5, 5.41) is 22.2. The lowest BCUT2D eigenvalue weighted by atomic mass is 10.2. The molecule has 0 spiro atoms. The predicted molar refractivity (Wildman–Crippen MR) is 63.6 cm³/mol. The Balaban J connectivity index is 2.83. The number of carboxylic acids is 1. The first kappa shape index (κ1) is 14.8. The fraction of sp³-hybridized carbons (Fsp3) is 0.364. The third-order valence-corrected chi connectivity index (χ3v) is 2.27. The van der Waals surface area contributed by atoms with E-state index in [0.29, 0.717) is 6.54 Å². The molecule has 1 atom stereocenters. The van der Waals surface area contributed by atoms with Crippen molar-refractivity contribution in [2.45, 2.75) is 13.0 Å². The van der Waals surface area contributed by atoms with Crippen LogP contribution in [0.5, 0.6) is 5.75 Å². The molecule has 0 amide bonds. The second-order valence-corrected chi connectivity index (χ2v) is 3.63. The Bertz CT molecular complexity index is 480. The van der Waals surface area contributed by atoms with Gasteiger partial charge in [0.15, 0.2) is 5.75 Å². The van der Waals surface area contributed by atoms with Crippen molar-refractivity contribution in [2.75, 3.05) is 13.2 Å². The molecule has 1 aromatic rings. The van der Waals surface area contributed by atoms with E-state index < -0.39 is 28.4 Å². The maximum Gasteiger partial charge on any atom is 0.324 e. The molecule has 0 radical (unpaired) electrons. The van der Waals surface area contributed by atoms with Gasteiger partial charge in [0.25, 0.3) is 0 Å². The van der Waals surface area contributed by atoms with E-state index in [9.17, 15) is 19.3 Å². The zero-order valence-electron chi connectivity index (χ0n) is 10.1. The first-order chi connectivity index (χ1) is 8.95. The number of nitrogens with zero attached hydrogens (tertiary/aromatic N) is 1. The van der Waals surface area contributed by atoms with E-state index in [-0.39, 0.29) is 12.4 Å². The van der Waals surface area contributed by atoms with Crippen LogP contribution in [0.25, 0.3) is 0 Å². The van der Waals surface area contributed by atoms with Crippen LogP contribution in [0.4, 0.5) is 10.1 Å². The monoisotopic (exact) mass is 272 g/mol. The highest BCUT2D eigenvalue weighted by molar-refractivity contribution is 5.73. The summed E-state index contributed by atoms with van der Waals surface area (Å²) < 4.78 is 18.0. The Morgan fingerprint density at radius 1 is 1.63 bits per heavy atom. The van der Waals surface area contributed by atoms with Crippen molar-refractivity contribution >= 4 is 11.7 Å². The Morgan fingerprint density at radius 3 is 2.84 bits per heavy atom. The first-order valence-corrected chi connectivity index (χ1v) is 5.48. The number of ether oxygens (including phenoxy) is 1. The molecule has 8 heteroatoms. The highest BCUT2D eigenvalue weighted by atomic mass is 19.1. The van der Waals surface area contributed by atoms with Crippen molar-refractivity contribution < 1.29 is 24.0 Å². The fourth-order valence-corrected chi connectivity index (χ4v) is 1.39. The lowest BCUT2D eigenvalue weighted by Crippen LogP contribution is -2.41. The first-order valence-electron chi connectivity index (χ1n) is 5.48. The van der Waals surface area contributed by atoms with Crippen LogP contribution in [0.3, 0.4) is 0 Å². The number of nitrogens with one attached hydrogen (secondary N) is 1. The van der Waals surface area contributed by atoms with Crippen molar-refractivity contribution in [3.63, 3.8) is 0 Å². The number of hydrogen-bond donors (Lipinski definition) is 2. The second-order valence-electron chi connectivity index (χ2n) is 3.63. The van der Waals surface area contributed by atoms with Crippen LogP contribution in [0.15, 0.2) is 18.2 Å². The van der Waals surface area contributed by atoms with Gasteiger partial charge in [-0.05, 0) is 12.6 Å². The van der Waals surface area contributed by atoms with Gasteiger partial charge in [0, 0.05) is 12.1 Å². The van der Waals surface area contributed by atoms with E-state index in [1.54, 1.807) is 6.92 Å². The number of aliphatic carboxylic acids is 1. The number of carboxylic acid groups (broad SMARTS) is 1. The third-order valence-electron chi connectivity index (χ3n) is 2.27. The minimum absolute atomic E-state index is 0.297. The summed E-state index contributed by atoms with van der Waals surface area (Å²) in [6, 6.07) is 1.73. The Morgan fingerprint density at radius 2 is 2.32 bits per heavy atom. The SMILES string of the molecule is CCNC(COc1cc(F)ccc1[N+](=O)[O-])C(=O)O. The number of nitro benzene ring substituents is 1. The molecule has 0 heterocycles. The van der Waals surface area contributed by atoms with Crippen LogP contribution in [-0.2, 0) is 4.79 Å². The molecule has 0 aromatic heterocycles. The van der Waals surface area contributed by atoms with E-state index in [0.717, 1.165) is 18.2 Å². The normalized spacial score (nSPS) is 11.9. The lowest BCUT2D eigenvalue weighted by Gasteiger charge is -2.14. The number of nitro groups is 1. The number of benzene rings is 1. The topological polar surface area (TPSA) is 102 Å². The van der Waals surface area contributed by atoms with Crippen LogP contribution >= 0.6 is 0 Å². The van der Waals surface area contributed by atoms with Gasteiger partial charge in [-0.2, -0.15) is 0 Å². The summed E-state index contributed by atoms with van der Waals surface area (Å²) in [6.45, 7) is 1.76. The highest BCUT2D eigenvalue weighted by Gasteiger charge is 2.21. The molecule has 1 rings (SSSR count). The smallest absolute Gasteiger partial charge is 0.324 e. The van der Waals surface area contributed by atoms with E-state index in [4.69, 9.17) is 9.84 Å². The highest BCUT2D eigenvalue weighted by Crippen LogP contribution is 2.27. The van der Waals surface area contributed by atoms with Crippen molar-refractivity contribution in [3.05, 3.63) is 34.1 Å². The molecule has 0 fully saturated rings. The van der Waals surface area contributed by atoms with Crippen LogP contribution in [0.1, 0.15) is 6.92 Å². The third kappa shape index (κ3) is 4.18. The average molecular weight is 272 g/mol. The summed E-state index contributed by atoms with van der Waals surface area (Å²) in [4.78, 5) is 20.8. The summed E-state index contributed by atoms with van der Waals surface area (Å²) >= 11 is 0. The molecular formula is C11H13FN2O5. The molecular weight excluding hydrogens is 259 g/mol. The molecule has 0 aliphatic rings. The minimum atomic E-state index is -1.15. The molecule has 19 heavy (non-hydrogen) atoms. The van der Waals surface area contributed by atoms with E-state index in [1.165, 1.54) is 0 Å². The Kier molecular flexibility index (Phi) is 5.19. The van der Waals surface area contributed by atoms with Gasteiger partial charge in [-0.15, -0.1) is 0 Å². The maximum atomic E-state index is 13.0. The molecule has 0 aliphatic carbocycles. The van der Waals surface area contributed by atoms with E-state index in [1.807, 2.05) is 0 Å². The summed E-state index contributed by atoms with van der Waals surface area (Å²) in [6.07, 6.45) is 0. The van der Waals surface area contributed by atoms with Crippen molar-refractivity contribution in [1.29, 1.82) is 0 Å². The van der Waals surface area contributed by atoms with Crippen molar-refractivity contribution in [2.24, 2.45) is 0 Å². The van der Waals surface area contributed by atoms with Crippen LogP contribution < -0.4 is 10.1 Å². The Hall–Kier alpha value is -2.22. The largest absolute Gasteiger partial charge is 0.484 e. The summed E-state index contributed by atoms with van der Waals surface area (Å²) in [7, 11) is 0. The quantitative estimate of drug-likeness (QED) is 0.570. The summed E-state index contributed by atoms with van der Waals surface area (Å²) in [5.41, 5.74) is -0.415. The second kappa shape index (κ2) is 6.64. The number of carbonyl (C=O) groups is 1. The van der Waals surface area contributed by atoms with Gasteiger partial charge in [-0.25, -0.2) is 4.39 Å². The maximum absolute atomic E-state index is 13.0. The Labute approximate surface area is 108 Å². The van der Waals surface area contributed by atoms with Gasteiger partial charge >= 0.3 is 11.7 Å². The standard InChI is InChI=1S/C11H13FN2O5/c1-2-13-8(11(15)16)6-19-10-5-7(12)3-4-9(10)14(17)18/h3-5,8,13H,2,6H2,1H3,(H,15,16). The van der Waals surface area contributed by atoms with Gasteiger partial charge in [0.05, 0.1) is 4.92 Å². The molecule has 0 saturated heterocycles. The number of likely N-dealkylation sites (N-methyl/N-ethyl adjacent to an activating group) is 1. The molecule has 0 aliphatic heterocycles. The van der Waals surface area contributed by atoms with Gasteiger partial charge in [-0.1, -0.05) is 6.92 Å². The summed E-state index contributed by atoms with van der Waals surface area (Å²) in [5.74, 6) is -2.15. The van der Waals surface area contributed by atoms with Crippen molar-refractivity contribution in [3.8, 4) is 5.75 Å². The molecule has 1 unspecified atom stereocenters.